The summed E-state index contributed by atoms with van der Waals surface area (Å²) in [5, 5.41) is 12.8. The molecule has 0 aromatic heterocycles. The number of aliphatic carboxylic acids is 1. The summed E-state index contributed by atoms with van der Waals surface area (Å²) in [6.45, 7) is 2.73. The Morgan fingerprint density at radius 2 is 1.78 bits per heavy atom. The molecule has 2 aromatic rings. The van der Waals surface area contributed by atoms with Crippen molar-refractivity contribution in [2.24, 2.45) is 0 Å². The van der Waals surface area contributed by atoms with E-state index in [0.29, 0.717) is 0 Å². The summed E-state index contributed by atoms with van der Waals surface area (Å²) in [5.41, 5.74) is 0.0457. The topological polar surface area (TPSA) is 107 Å². The van der Waals surface area contributed by atoms with Gasteiger partial charge in [0, 0.05) is 0 Å². The van der Waals surface area contributed by atoms with Crippen LogP contribution in [0.1, 0.15) is 10.4 Å². The first kappa shape index (κ1) is 20.5. The number of anilines is 1. The van der Waals surface area contributed by atoms with Gasteiger partial charge in [0.05, 0.1) is 35.3 Å². The number of carbonyl (C=O) groups is 2. The maximum atomic E-state index is 13.1. The summed E-state index contributed by atoms with van der Waals surface area (Å²) in [4.78, 5) is 22.8. The lowest BCUT2D eigenvalue weighted by Gasteiger charge is -2.25. The molecule has 0 aliphatic carbocycles. The van der Waals surface area contributed by atoms with Crippen molar-refractivity contribution in [2.45, 2.75) is 4.90 Å². The number of nitrogens with zero attached hydrogens (tertiary/aromatic N) is 1. The summed E-state index contributed by atoms with van der Waals surface area (Å²) in [5.74, 6) is -2.22. The van der Waals surface area contributed by atoms with E-state index < -0.39 is 28.4 Å². The Labute approximate surface area is 161 Å². The number of nitrogens with one attached hydrogen (secondary N) is 1. The maximum absolute atomic E-state index is 13.1. The van der Waals surface area contributed by atoms with Crippen molar-refractivity contribution >= 4 is 39.2 Å². The van der Waals surface area contributed by atoms with Crippen molar-refractivity contribution in [3.63, 3.8) is 0 Å². The molecule has 7 nitrogen and oxygen atoms in total. The number of amides is 1. The third kappa shape index (κ3) is 4.66. The second-order valence-electron chi connectivity index (χ2n) is 5.33. The fourth-order valence-corrected chi connectivity index (χ4v) is 4.30. The van der Waals surface area contributed by atoms with E-state index in [9.17, 15) is 23.1 Å². The van der Waals surface area contributed by atoms with Gasteiger partial charge in [-0.1, -0.05) is 41.9 Å². The monoisotopic (exact) mass is 407 g/mol. The normalized spacial score (nSPS) is 10.9. The van der Waals surface area contributed by atoms with Gasteiger partial charge in [-0.2, -0.15) is 0 Å². The maximum Gasteiger partial charge on any atom is 0.266 e. The van der Waals surface area contributed by atoms with Crippen LogP contribution in [-0.4, -0.2) is 33.4 Å². The molecule has 0 fully saturated rings. The highest BCUT2D eigenvalue weighted by atomic mass is 35.5. The molecule has 0 heterocycles. The zero-order valence-corrected chi connectivity index (χ0v) is 15.7. The molecule has 0 bridgehead atoms. The summed E-state index contributed by atoms with van der Waals surface area (Å²) >= 11 is 6.04. The summed E-state index contributed by atoms with van der Waals surface area (Å²) < 4.78 is 27.3. The zero-order chi connectivity index (χ0) is 20.0. The second kappa shape index (κ2) is 8.70. The molecule has 2 rings (SSSR count). The molecule has 9 heteroatoms. The van der Waals surface area contributed by atoms with Crippen LogP contribution in [-0.2, 0) is 14.8 Å². The van der Waals surface area contributed by atoms with E-state index >= 15 is 0 Å². The predicted octanol–water partition coefficient (Wildman–Crippen LogP) is 1.20. The van der Waals surface area contributed by atoms with Gasteiger partial charge >= 0.3 is 0 Å². The van der Waals surface area contributed by atoms with Gasteiger partial charge in [0.15, 0.2) is 0 Å². The number of para-hydroxylation sites is 1. The van der Waals surface area contributed by atoms with Crippen molar-refractivity contribution in [1.82, 2.24) is 5.32 Å². The van der Waals surface area contributed by atoms with Crippen LogP contribution >= 0.6 is 11.6 Å². The molecule has 0 spiro atoms. The molecule has 0 aliphatic rings. The van der Waals surface area contributed by atoms with Crippen molar-refractivity contribution in [1.29, 1.82) is 0 Å². The van der Waals surface area contributed by atoms with Crippen molar-refractivity contribution < 1.29 is 23.1 Å². The Morgan fingerprint density at radius 1 is 1.15 bits per heavy atom. The number of benzene rings is 2. The molecule has 1 amide bonds. The van der Waals surface area contributed by atoms with Gasteiger partial charge in [0.2, 0.25) is 0 Å². The fraction of sp³-hybridized carbons (Fsp3) is 0.111. The Bertz CT molecular complexity index is 975. The van der Waals surface area contributed by atoms with E-state index in [2.05, 4.69) is 11.9 Å². The Balaban J connectivity index is 2.55. The molecule has 0 atom stereocenters. The smallest absolute Gasteiger partial charge is 0.266 e. The van der Waals surface area contributed by atoms with E-state index in [1.54, 1.807) is 12.1 Å². The van der Waals surface area contributed by atoms with E-state index in [1.807, 2.05) is 0 Å². The van der Waals surface area contributed by atoms with Gasteiger partial charge in [-0.05, 0) is 24.3 Å². The molecule has 0 saturated heterocycles. The highest BCUT2D eigenvalue weighted by molar-refractivity contribution is 7.93. The quantitative estimate of drug-likeness (QED) is 0.662. The minimum absolute atomic E-state index is 0.0174. The van der Waals surface area contributed by atoms with Gasteiger partial charge in [-0.15, -0.1) is 6.58 Å². The summed E-state index contributed by atoms with van der Waals surface area (Å²) in [7, 11) is -4.11. The first-order valence-electron chi connectivity index (χ1n) is 7.74. The second-order valence-corrected chi connectivity index (χ2v) is 7.57. The van der Waals surface area contributed by atoms with Gasteiger partial charge < -0.3 is 15.2 Å². The average Bonchev–Trinajstić information content (AvgIpc) is 2.64. The SMILES string of the molecule is C=CCN(c1ccccc1C(=O)NCC(=O)[O-])S(=O)(=O)c1ccccc1Cl. The number of rotatable bonds is 8. The average molecular weight is 408 g/mol. The van der Waals surface area contributed by atoms with Crippen LogP contribution < -0.4 is 14.7 Å². The predicted molar refractivity (Wildman–Crippen MR) is 100.0 cm³/mol. The molecule has 1 N–H and O–H groups in total. The number of sulfonamides is 1. The lowest BCUT2D eigenvalue weighted by atomic mass is 10.1. The van der Waals surface area contributed by atoms with Crippen molar-refractivity contribution in [3.05, 3.63) is 71.8 Å². The molecular formula is C18H16ClN2O5S-. The minimum atomic E-state index is -4.11. The van der Waals surface area contributed by atoms with Crippen LogP contribution in [0, 0.1) is 0 Å². The molecule has 0 unspecified atom stereocenters. The minimum Gasteiger partial charge on any atom is -0.548 e. The standard InChI is InChI=1S/C18H17ClN2O5S/c1-2-11-21(27(25,26)16-10-6-4-8-14(16)19)15-9-5-3-7-13(15)18(24)20-12-17(22)23/h2-10H,1,11-12H2,(H,20,24)(H,22,23)/p-1. The number of halogens is 1. The van der Waals surface area contributed by atoms with E-state index in [0.717, 1.165) is 4.31 Å². The Morgan fingerprint density at radius 3 is 2.41 bits per heavy atom. The molecule has 0 radical (unpaired) electrons. The summed E-state index contributed by atoms with van der Waals surface area (Å²) in [6, 6.07) is 11.8. The van der Waals surface area contributed by atoms with Gasteiger partial charge in [0.1, 0.15) is 4.90 Å². The first-order valence-corrected chi connectivity index (χ1v) is 9.56. The number of carbonyl (C=O) groups excluding carboxylic acids is 2. The van der Waals surface area contributed by atoms with E-state index in [-0.39, 0.29) is 27.7 Å². The highest BCUT2D eigenvalue weighted by Gasteiger charge is 2.29. The van der Waals surface area contributed by atoms with E-state index in [4.69, 9.17) is 11.6 Å². The largest absolute Gasteiger partial charge is 0.548 e. The number of carboxylic acid groups (broad SMARTS) is 1. The third-order valence-corrected chi connectivity index (χ3v) is 5.79. The molecule has 27 heavy (non-hydrogen) atoms. The number of hydrogen-bond acceptors (Lipinski definition) is 5. The van der Waals surface area contributed by atoms with Crippen LogP contribution in [0.25, 0.3) is 0 Å². The van der Waals surface area contributed by atoms with Gasteiger partial charge in [-0.3, -0.25) is 9.10 Å². The van der Waals surface area contributed by atoms with Crippen LogP contribution in [0.4, 0.5) is 5.69 Å². The fourth-order valence-electron chi connectivity index (χ4n) is 2.35. The van der Waals surface area contributed by atoms with Crippen LogP contribution in [0.15, 0.2) is 66.1 Å². The highest BCUT2D eigenvalue weighted by Crippen LogP contribution is 2.30. The van der Waals surface area contributed by atoms with Gasteiger partial charge in [0.25, 0.3) is 15.9 Å². The summed E-state index contributed by atoms with van der Waals surface area (Å²) in [6.07, 6.45) is 1.37. The first-order chi connectivity index (χ1) is 12.8. The number of hydrogen-bond donors (Lipinski definition) is 1. The molecule has 142 valence electrons. The number of carboxylic acids is 1. The molecule has 2 aromatic carbocycles. The van der Waals surface area contributed by atoms with Crippen LogP contribution in [0.2, 0.25) is 5.02 Å². The Kier molecular flexibility index (Phi) is 6.59. The van der Waals surface area contributed by atoms with Crippen molar-refractivity contribution in [2.75, 3.05) is 17.4 Å². The van der Waals surface area contributed by atoms with E-state index in [1.165, 1.54) is 42.5 Å². The van der Waals surface area contributed by atoms with Crippen LogP contribution in [0.3, 0.4) is 0 Å². The van der Waals surface area contributed by atoms with Gasteiger partial charge in [-0.25, -0.2) is 8.42 Å². The zero-order valence-electron chi connectivity index (χ0n) is 14.1. The lowest BCUT2D eigenvalue weighted by molar-refractivity contribution is -0.303. The molecular weight excluding hydrogens is 392 g/mol. The van der Waals surface area contributed by atoms with Crippen LogP contribution in [0.5, 0.6) is 0 Å². The molecule has 0 aliphatic heterocycles. The third-order valence-electron chi connectivity index (χ3n) is 3.51. The molecule has 0 saturated carbocycles. The lowest BCUT2D eigenvalue weighted by Crippen LogP contribution is -2.39. The van der Waals surface area contributed by atoms with Crippen molar-refractivity contribution in [3.8, 4) is 0 Å². The Hall–Kier alpha value is -2.84.